The van der Waals surface area contributed by atoms with Gasteiger partial charge < -0.3 is 14.6 Å². The molecular formula is C22H25NO3. The first-order valence-electron chi connectivity index (χ1n) is 9.37. The molecule has 0 radical (unpaired) electrons. The number of nitrogens with zero attached hydrogens (tertiary/aromatic N) is 1. The van der Waals surface area contributed by atoms with Crippen LogP contribution < -0.4 is 0 Å². The molecule has 1 aliphatic carbocycles. The van der Waals surface area contributed by atoms with Gasteiger partial charge in [0.15, 0.2) is 5.76 Å². The summed E-state index contributed by atoms with van der Waals surface area (Å²) in [7, 11) is 0. The van der Waals surface area contributed by atoms with Crippen molar-refractivity contribution in [2.24, 2.45) is 0 Å². The number of benzene rings is 1. The Kier molecular flexibility index (Phi) is 5.12. The zero-order valence-corrected chi connectivity index (χ0v) is 14.9. The summed E-state index contributed by atoms with van der Waals surface area (Å²) in [5, 5.41) is 9.84. The lowest BCUT2D eigenvalue weighted by Gasteiger charge is -2.40. The monoisotopic (exact) mass is 351 g/mol. The molecule has 1 fully saturated rings. The lowest BCUT2D eigenvalue weighted by Crippen LogP contribution is -2.44. The Labute approximate surface area is 154 Å². The Morgan fingerprint density at radius 3 is 2.96 bits per heavy atom. The first kappa shape index (κ1) is 17.0. The molecule has 4 nitrogen and oxygen atoms in total. The number of piperidine rings is 1. The number of allylic oxidation sites excluding steroid dienone is 3. The Bertz CT molecular complexity index is 762. The SMILES string of the molecule is Oc1cccc(C2CCCN(C(C3=CC=CCC3)C3=COC=CO3)C2)c1. The van der Waals surface area contributed by atoms with E-state index in [0.29, 0.717) is 11.7 Å². The highest BCUT2D eigenvalue weighted by Crippen LogP contribution is 2.34. The molecule has 3 aliphatic rings. The summed E-state index contributed by atoms with van der Waals surface area (Å²) in [5.74, 6) is 1.61. The van der Waals surface area contributed by atoms with Crippen molar-refractivity contribution in [1.82, 2.24) is 4.90 Å². The lowest BCUT2D eigenvalue weighted by atomic mass is 9.87. The van der Waals surface area contributed by atoms with Gasteiger partial charge in [-0.1, -0.05) is 30.4 Å². The second-order valence-corrected chi connectivity index (χ2v) is 7.09. The fourth-order valence-electron chi connectivity index (χ4n) is 4.14. The minimum Gasteiger partial charge on any atom is -0.508 e. The van der Waals surface area contributed by atoms with E-state index in [2.05, 4.69) is 29.2 Å². The van der Waals surface area contributed by atoms with Gasteiger partial charge in [-0.05, 0) is 61.4 Å². The maximum atomic E-state index is 9.84. The van der Waals surface area contributed by atoms with Gasteiger partial charge in [0.2, 0.25) is 0 Å². The number of rotatable bonds is 4. The number of phenolic OH excluding ortho intramolecular Hbond substituents is 1. The van der Waals surface area contributed by atoms with Crippen LogP contribution in [0.5, 0.6) is 5.75 Å². The molecule has 2 unspecified atom stereocenters. The first-order valence-corrected chi connectivity index (χ1v) is 9.37. The minimum atomic E-state index is 0.102. The van der Waals surface area contributed by atoms with E-state index < -0.39 is 0 Å². The zero-order valence-electron chi connectivity index (χ0n) is 14.9. The summed E-state index contributed by atoms with van der Waals surface area (Å²) in [4.78, 5) is 2.50. The van der Waals surface area contributed by atoms with Crippen molar-refractivity contribution < 1.29 is 14.6 Å². The van der Waals surface area contributed by atoms with Gasteiger partial charge in [-0.3, -0.25) is 4.90 Å². The van der Waals surface area contributed by atoms with E-state index in [0.717, 1.165) is 44.5 Å². The molecule has 136 valence electrons. The van der Waals surface area contributed by atoms with Crippen molar-refractivity contribution in [2.45, 2.75) is 37.6 Å². The number of hydrogen-bond donors (Lipinski definition) is 1. The average molecular weight is 351 g/mol. The molecule has 1 aromatic carbocycles. The third-order valence-electron chi connectivity index (χ3n) is 5.35. The van der Waals surface area contributed by atoms with Crippen molar-refractivity contribution in [3.63, 3.8) is 0 Å². The maximum Gasteiger partial charge on any atom is 0.160 e. The molecule has 2 heterocycles. The van der Waals surface area contributed by atoms with Crippen molar-refractivity contribution in [3.8, 4) is 5.75 Å². The topological polar surface area (TPSA) is 41.9 Å². The largest absolute Gasteiger partial charge is 0.508 e. The summed E-state index contributed by atoms with van der Waals surface area (Å²) in [6.45, 7) is 1.98. The van der Waals surface area contributed by atoms with Gasteiger partial charge in [0.25, 0.3) is 0 Å². The molecule has 2 atom stereocenters. The molecule has 0 aromatic heterocycles. The van der Waals surface area contributed by atoms with Gasteiger partial charge in [0, 0.05) is 6.54 Å². The van der Waals surface area contributed by atoms with Crippen LogP contribution in [0.25, 0.3) is 0 Å². The van der Waals surface area contributed by atoms with Crippen molar-refractivity contribution >= 4 is 0 Å². The van der Waals surface area contributed by atoms with E-state index in [9.17, 15) is 5.11 Å². The van der Waals surface area contributed by atoms with Gasteiger partial charge in [-0.25, -0.2) is 0 Å². The lowest BCUT2D eigenvalue weighted by molar-refractivity contribution is 0.131. The van der Waals surface area contributed by atoms with Crippen LogP contribution in [0.15, 0.2) is 72.6 Å². The smallest absolute Gasteiger partial charge is 0.160 e. The van der Waals surface area contributed by atoms with Crippen LogP contribution in [0.4, 0.5) is 0 Å². The third kappa shape index (κ3) is 3.70. The Morgan fingerprint density at radius 2 is 2.19 bits per heavy atom. The fraction of sp³-hybridized carbons (Fsp3) is 0.364. The molecule has 0 spiro atoms. The number of aromatic hydroxyl groups is 1. The van der Waals surface area contributed by atoms with Gasteiger partial charge in [-0.15, -0.1) is 0 Å². The summed E-state index contributed by atoms with van der Waals surface area (Å²) in [6.07, 6.45) is 15.8. The van der Waals surface area contributed by atoms with Crippen molar-refractivity contribution in [2.75, 3.05) is 13.1 Å². The van der Waals surface area contributed by atoms with E-state index in [-0.39, 0.29) is 6.04 Å². The highest BCUT2D eigenvalue weighted by molar-refractivity contribution is 5.32. The molecule has 4 rings (SSSR count). The number of phenols is 1. The van der Waals surface area contributed by atoms with E-state index in [4.69, 9.17) is 9.47 Å². The number of hydrogen-bond acceptors (Lipinski definition) is 4. The van der Waals surface area contributed by atoms with Crippen LogP contribution in [0, 0.1) is 0 Å². The van der Waals surface area contributed by atoms with Crippen LogP contribution in [0.2, 0.25) is 0 Å². The second-order valence-electron chi connectivity index (χ2n) is 7.09. The first-order chi connectivity index (χ1) is 12.8. The maximum absolute atomic E-state index is 9.84. The molecule has 26 heavy (non-hydrogen) atoms. The molecule has 1 aromatic rings. The highest BCUT2D eigenvalue weighted by Gasteiger charge is 2.33. The van der Waals surface area contributed by atoms with Crippen LogP contribution in [0.3, 0.4) is 0 Å². The normalized spacial score (nSPS) is 24.2. The average Bonchev–Trinajstić information content (AvgIpc) is 2.70. The fourth-order valence-corrected chi connectivity index (χ4v) is 4.14. The quantitative estimate of drug-likeness (QED) is 0.862. The van der Waals surface area contributed by atoms with Crippen LogP contribution >= 0.6 is 0 Å². The van der Waals surface area contributed by atoms with Crippen molar-refractivity contribution in [3.05, 3.63) is 78.2 Å². The Balaban J connectivity index is 1.59. The van der Waals surface area contributed by atoms with Gasteiger partial charge in [0.05, 0.1) is 6.04 Å². The predicted octanol–water partition coefficient (Wildman–Crippen LogP) is 4.58. The number of ether oxygens (including phenoxy) is 2. The summed E-state index contributed by atoms with van der Waals surface area (Å²) in [6, 6.07) is 7.78. The summed E-state index contributed by atoms with van der Waals surface area (Å²) in [5.41, 5.74) is 2.58. The van der Waals surface area contributed by atoms with Crippen LogP contribution in [-0.4, -0.2) is 29.1 Å². The highest BCUT2D eigenvalue weighted by atomic mass is 16.5. The molecule has 4 heteroatoms. The molecule has 2 aliphatic heterocycles. The molecule has 1 saturated heterocycles. The van der Waals surface area contributed by atoms with Crippen molar-refractivity contribution in [1.29, 1.82) is 0 Å². The molecule has 0 saturated carbocycles. The second kappa shape index (κ2) is 7.83. The van der Waals surface area contributed by atoms with E-state index in [1.54, 1.807) is 24.9 Å². The molecular weight excluding hydrogens is 326 g/mol. The minimum absolute atomic E-state index is 0.102. The predicted molar refractivity (Wildman–Crippen MR) is 101 cm³/mol. The molecule has 0 bridgehead atoms. The number of likely N-dealkylation sites (tertiary alicyclic amines) is 1. The summed E-state index contributed by atoms with van der Waals surface area (Å²) >= 11 is 0. The van der Waals surface area contributed by atoms with Gasteiger partial charge in [-0.2, -0.15) is 0 Å². The van der Waals surface area contributed by atoms with Crippen LogP contribution in [0.1, 0.15) is 37.2 Å². The van der Waals surface area contributed by atoms with E-state index >= 15 is 0 Å². The van der Waals surface area contributed by atoms with E-state index in [1.807, 2.05) is 12.1 Å². The van der Waals surface area contributed by atoms with Crippen LogP contribution in [-0.2, 0) is 9.47 Å². The molecule has 0 amide bonds. The van der Waals surface area contributed by atoms with E-state index in [1.165, 1.54) is 11.1 Å². The Hall–Kier alpha value is -2.46. The Morgan fingerprint density at radius 1 is 1.23 bits per heavy atom. The van der Waals surface area contributed by atoms with Gasteiger partial charge >= 0.3 is 0 Å². The third-order valence-corrected chi connectivity index (χ3v) is 5.35. The zero-order chi connectivity index (χ0) is 17.8. The standard InChI is InChI=1S/C22H25NO3/c24-20-10-4-8-18(14-20)19-9-5-11-23(15-19)22(17-6-2-1-3-7-17)21-16-25-12-13-26-21/h1-2,4,6,8,10,12-14,16,19,22,24H,3,5,7,9,11,15H2. The molecule has 1 N–H and O–H groups in total. The summed E-state index contributed by atoms with van der Waals surface area (Å²) < 4.78 is 11.2. The van der Waals surface area contributed by atoms with Gasteiger partial charge in [0.1, 0.15) is 24.5 Å².